The molecule has 1 N–H and O–H groups in total. The van der Waals surface area contributed by atoms with Crippen LogP contribution in [0.25, 0.3) is 5.82 Å². The van der Waals surface area contributed by atoms with Gasteiger partial charge in [0.2, 0.25) is 5.88 Å². The molecule has 0 radical (unpaired) electrons. The molecule has 11 nitrogen and oxygen atoms in total. The molecule has 29 heavy (non-hydrogen) atoms. The van der Waals surface area contributed by atoms with E-state index < -0.39 is 0 Å². The fraction of sp³-hybridized carbons (Fsp3) is 0.333. The number of hydrogen-bond donors (Lipinski definition) is 1. The van der Waals surface area contributed by atoms with Gasteiger partial charge in [0.15, 0.2) is 12.4 Å². The Morgan fingerprint density at radius 3 is 2.79 bits per heavy atom. The molecule has 1 aliphatic rings. The highest BCUT2D eigenvalue weighted by atomic mass is 16.5. The van der Waals surface area contributed by atoms with Crippen LogP contribution in [-0.2, 0) is 16.1 Å². The van der Waals surface area contributed by atoms with Crippen molar-refractivity contribution in [3.05, 3.63) is 48.7 Å². The SMILES string of the molecule is O=C(COc1ccc(-n2cccn2)nn1)NCc1nccc(N2CCOCC2)n1. The Balaban J connectivity index is 1.25. The van der Waals surface area contributed by atoms with Crippen molar-refractivity contribution in [2.75, 3.05) is 37.8 Å². The van der Waals surface area contributed by atoms with E-state index in [2.05, 4.69) is 35.5 Å². The molecular formula is C18H20N8O3. The maximum absolute atomic E-state index is 12.0. The van der Waals surface area contributed by atoms with E-state index in [0.29, 0.717) is 24.9 Å². The lowest BCUT2D eigenvalue weighted by Gasteiger charge is -2.27. The topological polar surface area (TPSA) is 120 Å². The third-order valence-corrected chi connectivity index (χ3v) is 4.19. The standard InChI is InChI=1S/C18H20N8O3/c27-17(13-29-18-3-2-16(23-24-18)26-7-1-5-21-26)20-12-14-19-6-4-15(22-14)25-8-10-28-11-9-25/h1-7H,8-13H2,(H,20,27). The highest BCUT2D eigenvalue weighted by Crippen LogP contribution is 2.12. The van der Waals surface area contributed by atoms with Crippen LogP contribution in [-0.4, -0.2) is 68.8 Å². The van der Waals surface area contributed by atoms with Crippen molar-refractivity contribution in [3.8, 4) is 11.7 Å². The third kappa shape index (κ3) is 5.02. The molecule has 1 saturated heterocycles. The number of nitrogens with zero attached hydrogens (tertiary/aromatic N) is 7. The summed E-state index contributed by atoms with van der Waals surface area (Å²) in [5.41, 5.74) is 0. The average molecular weight is 396 g/mol. The van der Waals surface area contributed by atoms with Crippen molar-refractivity contribution in [2.45, 2.75) is 6.54 Å². The lowest BCUT2D eigenvalue weighted by Crippen LogP contribution is -2.37. The lowest BCUT2D eigenvalue weighted by molar-refractivity contribution is -0.123. The number of hydrogen-bond acceptors (Lipinski definition) is 9. The monoisotopic (exact) mass is 396 g/mol. The van der Waals surface area contributed by atoms with Gasteiger partial charge >= 0.3 is 0 Å². The first-order chi connectivity index (χ1) is 14.3. The highest BCUT2D eigenvalue weighted by Gasteiger charge is 2.13. The molecule has 1 fully saturated rings. The van der Waals surface area contributed by atoms with Gasteiger partial charge in [0, 0.05) is 37.7 Å². The van der Waals surface area contributed by atoms with Crippen LogP contribution in [0.2, 0.25) is 0 Å². The van der Waals surface area contributed by atoms with E-state index in [1.165, 1.54) is 0 Å². The van der Waals surface area contributed by atoms with Gasteiger partial charge in [0.25, 0.3) is 5.91 Å². The van der Waals surface area contributed by atoms with Crippen molar-refractivity contribution in [2.24, 2.45) is 0 Å². The quantitative estimate of drug-likeness (QED) is 0.587. The number of morpholine rings is 1. The van der Waals surface area contributed by atoms with E-state index in [9.17, 15) is 4.79 Å². The third-order valence-electron chi connectivity index (χ3n) is 4.19. The van der Waals surface area contributed by atoms with Crippen molar-refractivity contribution >= 4 is 11.7 Å². The van der Waals surface area contributed by atoms with Gasteiger partial charge in [0.05, 0.1) is 19.8 Å². The Morgan fingerprint density at radius 2 is 2.03 bits per heavy atom. The highest BCUT2D eigenvalue weighted by molar-refractivity contribution is 5.77. The predicted molar refractivity (Wildman–Crippen MR) is 102 cm³/mol. The zero-order valence-corrected chi connectivity index (χ0v) is 15.6. The Labute approximate surface area is 166 Å². The average Bonchev–Trinajstić information content (AvgIpc) is 3.32. The van der Waals surface area contributed by atoms with E-state index >= 15 is 0 Å². The first-order valence-corrected chi connectivity index (χ1v) is 9.16. The largest absolute Gasteiger partial charge is 0.466 e. The van der Waals surface area contributed by atoms with Crippen molar-refractivity contribution in [3.63, 3.8) is 0 Å². The van der Waals surface area contributed by atoms with Gasteiger partial charge in [-0.1, -0.05) is 0 Å². The molecular weight excluding hydrogens is 376 g/mol. The summed E-state index contributed by atoms with van der Waals surface area (Å²) in [5.74, 6) is 1.87. The van der Waals surface area contributed by atoms with Crippen LogP contribution in [0, 0.1) is 0 Å². The van der Waals surface area contributed by atoms with Gasteiger partial charge in [0.1, 0.15) is 11.6 Å². The van der Waals surface area contributed by atoms with Gasteiger partial charge in [-0.05, 0) is 18.2 Å². The molecule has 4 heterocycles. The second kappa shape index (κ2) is 9.06. The van der Waals surface area contributed by atoms with E-state index in [-0.39, 0.29) is 24.9 Å². The fourth-order valence-corrected chi connectivity index (χ4v) is 2.73. The van der Waals surface area contributed by atoms with Gasteiger partial charge in [-0.25, -0.2) is 14.6 Å². The molecule has 1 amide bonds. The summed E-state index contributed by atoms with van der Waals surface area (Å²) in [4.78, 5) is 22.9. The summed E-state index contributed by atoms with van der Waals surface area (Å²) < 4.78 is 12.3. The number of rotatable bonds is 7. The maximum atomic E-state index is 12.0. The number of carbonyl (C=O) groups excluding carboxylic acids is 1. The molecule has 11 heteroatoms. The molecule has 3 aromatic heterocycles. The van der Waals surface area contributed by atoms with Gasteiger partial charge < -0.3 is 19.7 Å². The van der Waals surface area contributed by atoms with Crippen LogP contribution in [0.1, 0.15) is 5.82 Å². The van der Waals surface area contributed by atoms with Crippen LogP contribution in [0.15, 0.2) is 42.9 Å². The number of aromatic nitrogens is 6. The summed E-state index contributed by atoms with van der Waals surface area (Å²) in [6, 6.07) is 6.98. The normalized spacial score (nSPS) is 13.9. The second-order valence-electron chi connectivity index (χ2n) is 6.18. The molecule has 0 aliphatic carbocycles. The molecule has 4 rings (SSSR count). The molecule has 1 aliphatic heterocycles. The number of carbonyl (C=O) groups is 1. The smallest absolute Gasteiger partial charge is 0.258 e. The second-order valence-corrected chi connectivity index (χ2v) is 6.18. The number of ether oxygens (including phenoxy) is 2. The minimum atomic E-state index is -0.302. The zero-order valence-electron chi connectivity index (χ0n) is 15.6. The molecule has 150 valence electrons. The molecule has 0 spiro atoms. The van der Waals surface area contributed by atoms with Crippen LogP contribution >= 0.6 is 0 Å². The van der Waals surface area contributed by atoms with Crippen molar-refractivity contribution in [1.29, 1.82) is 0 Å². The van der Waals surface area contributed by atoms with Crippen LogP contribution in [0.4, 0.5) is 5.82 Å². The molecule has 0 atom stereocenters. The van der Waals surface area contributed by atoms with E-state index in [0.717, 1.165) is 18.9 Å². The van der Waals surface area contributed by atoms with Gasteiger partial charge in [-0.15, -0.1) is 10.2 Å². The predicted octanol–water partition coefficient (Wildman–Crippen LogP) is -0.0159. The summed E-state index contributed by atoms with van der Waals surface area (Å²) in [5, 5.41) is 14.7. The lowest BCUT2D eigenvalue weighted by atomic mass is 10.4. The van der Waals surface area contributed by atoms with E-state index in [4.69, 9.17) is 9.47 Å². The number of anilines is 1. The Hall–Kier alpha value is -3.60. The summed E-state index contributed by atoms with van der Waals surface area (Å²) in [7, 11) is 0. The Kier molecular flexibility index (Phi) is 5.86. The van der Waals surface area contributed by atoms with E-state index in [1.54, 1.807) is 41.5 Å². The molecule has 0 unspecified atom stereocenters. The number of nitrogens with one attached hydrogen (secondary N) is 1. The molecule has 0 bridgehead atoms. The van der Waals surface area contributed by atoms with Crippen LogP contribution in [0.5, 0.6) is 5.88 Å². The first-order valence-electron chi connectivity index (χ1n) is 9.16. The molecule has 0 saturated carbocycles. The maximum Gasteiger partial charge on any atom is 0.258 e. The number of amides is 1. The zero-order chi connectivity index (χ0) is 19.9. The van der Waals surface area contributed by atoms with E-state index in [1.807, 2.05) is 6.07 Å². The fourth-order valence-electron chi connectivity index (χ4n) is 2.73. The van der Waals surface area contributed by atoms with Crippen LogP contribution in [0.3, 0.4) is 0 Å². The molecule has 3 aromatic rings. The Morgan fingerprint density at radius 1 is 1.14 bits per heavy atom. The van der Waals surface area contributed by atoms with Crippen molar-refractivity contribution in [1.82, 2.24) is 35.3 Å². The minimum absolute atomic E-state index is 0.182. The van der Waals surface area contributed by atoms with Crippen molar-refractivity contribution < 1.29 is 14.3 Å². The summed E-state index contributed by atoms with van der Waals surface area (Å²) in [6.07, 6.45) is 5.09. The van der Waals surface area contributed by atoms with Gasteiger partial charge in [-0.3, -0.25) is 4.79 Å². The minimum Gasteiger partial charge on any atom is -0.466 e. The summed E-state index contributed by atoms with van der Waals surface area (Å²) in [6.45, 7) is 2.97. The Bertz CT molecular complexity index is 927. The first kappa shape index (κ1) is 18.7. The molecule has 0 aromatic carbocycles. The van der Waals surface area contributed by atoms with Crippen LogP contribution < -0.4 is 15.0 Å². The van der Waals surface area contributed by atoms with Gasteiger partial charge in [-0.2, -0.15) is 5.10 Å². The summed E-state index contributed by atoms with van der Waals surface area (Å²) >= 11 is 0.